The van der Waals surface area contributed by atoms with E-state index in [1.54, 1.807) is 0 Å². The SMILES string of the molecule is CC1CCC(=O)CC1Cc1ccccc1. The summed E-state index contributed by atoms with van der Waals surface area (Å²) in [4.78, 5) is 11.4. The maximum atomic E-state index is 11.4. The van der Waals surface area contributed by atoms with Gasteiger partial charge in [-0.2, -0.15) is 0 Å². The third-order valence-corrected chi connectivity index (χ3v) is 3.51. The van der Waals surface area contributed by atoms with Crippen molar-refractivity contribution in [1.82, 2.24) is 0 Å². The zero-order chi connectivity index (χ0) is 10.7. The molecule has 0 bridgehead atoms. The van der Waals surface area contributed by atoms with Crippen LogP contribution in [-0.2, 0) is 11.2 Å². The lowest BCUT2D eigenvalue weighted by molar-refractivity contribution is -0.122. The molecule has 1 nitrogen and oxygen atoms in total. The van der Waals surface area contributed by atoms with Crippen molar-refractivity contribution in [3.05, 3.63) is 35.9 Å². The Kier molecular flexibility index (Phi) is 3.20. The van der Waals surface area contributed by atoms with Crippen LogP contribution in [0.2, 0.25) is 0 Å². The molecule has 15 heavy (non-hydrogen) atoms. The van der Waals surface area contributed by atoms with Crippen LogP contribution in [0.4, 0.5) is 0 Å². The summed E-state index contributed by atoms with van der Waals surface area (Å²) < 4.78 is 0. The highest BCUT2D eigenvalue weighted by molar-refractivity contribution is 5.79. The first-order valence-corrected chi connectivity index (χ1v) is 5.81. The molecule has 2 unspecified atom stereocenters. The lowest BCUT2D eigenvalue weighted by Gasteiger charge is -2.27. The van der Waals surface area contributed by atoms with Gasteiger partial charge in [0, 0.05) is 12.8 Å². The Balaban J connectivity index is 2.01. The van der Waals surface area contributed by atoms with E-state index >= 15 is 0 Å². The van der Waals surface area contributed by atoms with Crippen molar-refractivity contribution in [2.75, 3.05) is 0 Å². The van der Waals surface area contributed by atoms with Crippen LogP contribution in [0, 0.1) is 11.8 Å². The molecule has 1 aromatic carbocycles. The Labute approximate surface area is 91.5 Å². The highest BCUT2D eigenvalue weighted by Crippen LogP contribution is 2.30. The number of rotatable bonds is 2. The minimum Gasteiger partial charge on any atom is -0.300 e. The molecular formula is C14H18O. The molecule has 80 valence electrons. The number of benzene rings is 1. The molecule has 0 spiro atoms. The monoisotopic (exact) mass is 202 g/mol. The molecule has 0 N–H and O–H groups in total. The smallest absolute Gasteiger partial charge is 0.133 e. The molecule has 2 rings (SSSR count). The highest BCUT2D eigenvalue weighted by atomic mass is 16.1. The van der Waals surface area contributed by atoms with Gasteiger partial charge in [-0.1, -0.05) is 37.3 Å². The Bertz CT molecular complexity index is 328. The van der Waals surface area contributed by atoms with Crippen molar-refractivity contribution in [1.29, 1.82) is 0 Å². The van der Waals surface area contributed by atoms with E-state index in [9.17, 15) is 4.79 Å². The van der Waals surface area contributed by atoms with E-state index in [1.165, 1.54) is 5.56 Å². The molecular weight excluding hydrogens is 184 g/mol. The normalized spacial score (nSPS) is 26.6. The summed E-state index contributed by atoms with van der Waals surface area (Å²) in [6.45, 7) is 2.28. The fourth-order valence-electron chi connectivity index (χ4n) is 2.41. The second-order valence-electron chi connectivity index (χ2n) is 4.71. The molecule has 0 aromatic heterocycles. The van der Waals surface area contributed by atoms with E-state index in [-0.39, 0.29) is 0 Å². The van der Waals surface area contributed by atoms with E-state index in [0.29, 0.717) is 17.6 Å². The van der Waals surface area contributed by atoms with Gasteiger partial charge in [0.1, 0.15) is 5.78 Å². The average molecular weight is 202 g/mol. The third-order valence-electron chi connectivity index (χ3n) is 3.51. The molecule has 1 heteroatoms. The summed E-state index contributed by atoms with van der Waals surface area (Å²) in [6.07, 6.45) is 3.73. The zero-order valence-electron chi connectivity index (χ0n) is 9.28. The van der Waals surface area contributed by atoms with Gasteiger partial charge < -0.3 is 0 Å². The van der Waals surface area contributed by atoms with Gasteiger partial charge in [-0.05, 0) is 30.2 Å². The van der Waals surface area contributed by atoms with Crippen molar-refractivity contribution in [2.24, 2.45) is 11.8 Å². The zero-order valence-corrected chi connectivity index (χ0v) is 9.28. The topological polar surface area (TPSA) is 17.1 Å². The number of carbonyl (C=O) groups excluding carboxylic acids is 1. The number of ketones is 1. The van der Waals surface area contributed by atoms with E-state index in [2.05, 4.69) is 31.2 Å². The van der Waals surface area contributed by atoms with Crippen LogP contribution in [0.3, 0.4) is 0 Å². The van der Waals surface area contributed by atoms with E-state index in [4.69, 9.17) is 0 Å². The number of carbonyl (C=O) groups is 1. The summed E-state index contributed by atoms with van der Waals surface area (Å²) in [7, 11) is 0. The van der Waals surface area contributed by atoms with Gasteiger partial charge in [0.05, 0.1) is 0 Å². The van der Waals surface area contributed by atoms with Gasteiger partial charge in [-0.15, -0.1) is 0 Å². The van der Waals surface area contributed by atoms with Crippen LogP contribution >= 0.6 is 0 Å². The van der Waals surface area contributed by atoms with Crippen molar-refractivity contribution < 1.29 is 4.79 Å². The Morgan fingerprint density at radius 2 is 2.00 bits per heavy atom. The molecule has 0 amide bonds. The molecule has 0 heterocycles. The molecule has 1 fully saturated rings. The van der Waals surface area contributed by atoms with Gasteiger partial charge in [-0.3, -0.25) is 4.79 Å². The van der Waals surface area contributed by atoms with Crippen LogP contribution in [-0.4, -0.2) is 5.78 Å². The Hall–Kier alpha value is -1.11. The highest BCUT2D eigenvalue weighted by Gasteiger charge is 2.25. The Morgan fingerprint density at radius 3 is 2.73 bits per heavy atom. The van der Waals surface area contributed by atoms with Crippen molar-refractivity contribution in [3.63, 3.8) is 0 Å². The molecule has 1 saturated carbocycles. The molecule has 0 radical (unpaired) electrons. The van der Waals surface area contributed by atoms with Gasteiger partial charge in [0.25, 0.3) is 0 Å². The van der Waals surface area contributed by atoms with Crippen molar-refractivity contribution >= 4 is 5.78 Å². The van der Waals surface area contributed by atoms with Crippen LogP contribution < -0.4 is 0 Å². The van der Waals surface area contributed by atoms with Crippen molar-refractivity contribution in [2.45, 2.75) is 32.6 Å². The first kappa shape index (κ1) is 10.4. The maximum absolute atomic E-state index is 11.4. The Morgan fingerprint density at radius 1 is 1.27 bits per heavy atom. The molecule has 1 aliphatic rings. The molecule has 1 aliphatic carbocycles. The fraction of sp³-hybridized carbons (Fsp3) is 0.500. The van der Waals surface area contributed by atoms with Gasteiger partial charge in [-0.25, -0.2) is 0 Å². The second-order valence-corrected chi connectivity index (χ2v) is 4.71. The summed E-state index contributed by atoms with van der Waals surface area (Å²) in [6, 6.07) is 10.5. The summed E-state index contributed by atoms with van der Waals surface area (Å²) in [5.74, 6) is 1.71. The van der Waals surface area contributed by atoms with Crippen LogP contribution in [0.15, 0.2) is 30.3 Å². The molecule has 1 aromatic rings. The van der Waals surface area contributed by atoms with Crippen molar-refractivity contribution in [3.8, 4) is 0 Å². The fourth-order valence-corrected chi connectivity index (χ4v) is 2.41. The lowest BCUT2D eigenvalue weighted by atomic mass is 9.77. The van der Waals surface area contributed by atoms with E-state index in [1.807, 2.05) is 6.07 Å². The van der Waals surface area contributed by atoms with Gasteiger partial charge in [0.2, 0.25) is 0 Å². The van der Waals surface area contributed by atoms with Crippen LogP contribution in [0.5, 0.6) is 0 Å². The lowest BCUT2D eigenvalue weighted by Crippen LogP contribution is -2.24. The minimum absolute atomic E-state index is 0.453. The number of Topliss-reactive ketones (excluding diaryl/α,β-unsaturated/α-hetero) is 1. The molecule has 0 saturated heterocycles. The predicted octanol–water partition coefficient (Wildman–Crippen LogP) is 3.23. The standard InChI is InChI=1S/C14H18O/c1-11-7-8-14(15)10-13(11)9-12-5-3-2-4-6-12/h2-6,11,13H,7-10H2,1H3. The number of hydrogen-bond donors (Lipinski definition) is 0. The summed E-state index contributed by atoms with van der Waals surface area (Å²) in [5, 5.41) is 0. The third kappa shape index (κ3) is 2.68. The van der Waals surface area contributed by atoms with Crippen LogP contribution in [0.25, 0.3) is 0 Å². The second kappa shape index (κ2) is 4.61. The van der Waals surface area contributed by atoms with Gasteiger partial charge >= 0.3 is 0 Å². The molecule has 2 atom stereocenters. The van der Waals surface area contributed by atoms with Gasteiger partial charge in [0.15, 0.2) is 0 Å². The summed E-state index contributed by atoms with van der Waals surface area (Å²) >= 11 is 0. The largest absolute Gasteiger partial charge is 0.300 e. The number of hydrogen-bond acceptors (Lipinski definition) is 1. The van der Waals surface area contributed by atoms with E-state index in [0.717, 1.165) is 25.7 Å². The molecule has 0 aliphatic heterocycles. The average Bonchev–Trinajstić information content (AvgIpc) is 2.25. The maximum Gasteiger partial charge on any atom is 0.133 e. The minimum atomic E-state index is 0.453. The van der Waals surface area contributed by atoms with Crippen LogP contribution in [0.1, 0.15) is 31.7 Å². The first-order valence-electron chi connectivity index (χ1n) is 5.81. The van der Waals surface area contributed by atoms with E-state index < -0.39 is 0 Å². The predicted molar refractivity (Wildman–Crippen MR) is 61.7 cm³/mol. The summed E-state index contributed by atoms with van der Waals surface area (Å²) in [5.41, 5.74) is 1.36. The quantitative estimate of drug-likeness (QED) is 0.719. The first-order chi connectivity index (χ1) is 7.25.